The minimum atomic E-state index is -1.33. The molecule has 0 aliphatic carbocycles. The van der Waals surface area contributed by atoms with Crippen molar-refractivity contribution in [3.8, 4) is 5.75 Å². The Kier molecular flexibility index (Phi) is 12.2. The topological polar surface area (TPSA) is 191 Å². The maximum atomic E-state index is 13.0. The van der Waals surface area contributed by atoms with E-state index in [4.69, 9.17) is 5.73 Å². The number of nitrogens with two attached hydrogens (primary N) is 1. The highest BCUT2D eigenvalue weighted by Gasteiger charge is 2.33. The SMILES string of the molecule is CCC(C)C(N)C(=O)NC(CO)C(=O)NC(C(=O)NC(Cc1ccc(O)cc1)C(=O)O)C(C)CC. The van der Waals surface area contributed by atoms with Crippen LogP contribution in [0, 0.1) is 11.8 Å². The fourth-order valence-electron chi connectivity index (χ4n) is 3.26. The lowest BCUT2D eigenvalue weighted by atomic mass is 9.96. The molecular weight excluding hydrogens is 456 g/mol. The minimum absolute atomic E-state index is 0.0276. The molecule has 196 valence electrons. The highest BCUT2D eigenvalue weighted by Crippen LogP contribution is 2.13. The number of amides is 3. The fourth-order valence-corrected chi connectivity index (χ4v) is 3.26. The number of rotatable bonds is 14. The van der Waals surface area contributed by atoms with E-state index in [1.807, 2.05) is 6.92 Å². The van der Waals surface area contributed by atoms with Gasteiger partial charge in [-0.15, -0.1) is 0 Å². The van der Waals surface area contributed by atoms with E-state index in [0.29, 0.717) is 18.4 Å². The van der Waals surface area contributed by atoms with Crippen molar-refractivity contribution in [3.63, 3.8) is 0 Å². The summed E-state index contributed by atoms with van der Waals surface area (Å²) < 4.78 is 0. The van der Waals surface area contributed by atoms with Gasteiger partial charge in [0.2, 0.25) is 17.7 Å². The average Bonchev–Trinajstić information content (AvgIpc) is 2.84. The maximum Gasteiger partial charge on any atom is 0.326 e. The lowest BCUT2D eigenvalue weighted by molar-refractivity contribution is -0.142. The number of aliphatic carboxylic acids is 1. The zero-order valence-electron chi connectivity index (χ0n) is 20.7. The van der Waals surface area contributed by atoms with Gasteiger partial charge in [0.15, 0.2) is 0 Å². The number of carboxylic acid groups (broad SMARTS) is 1. The Balaban J connectivity index is 2.95. The van der Waals surface area contributed by atoms with E-state index >= 15 is 0 Å². The first-order chi connectivity index (χ1) is 16.4. The van der Waals surface area contributed by atoms with Gasteiger partial charge in [0.1, 0.15) is 23.9 Å². The zero-order chi connectivity index (χ0) is 26.7. The summed E-state index contributed by atoms with van der Waals surface area (Å²) in [5.74, 6) is -3.85. The van der Waals surface area contributed by atoms with Gasteiger partial charge in [0, 0.05) is 6.42 Å². The van der Waals surface area contributed by atoms with E-state index in [9.17, 15) is 34.5 Å². The summed E-state index contributed by atoms with van der Waals surface area (Å²) in [5, 5.41) is 36.0. The lowest BCUT2D eigenvalue weighted by Gasteiger charge is -2.28. The second-order valence-electron chi connectivity index (χ2n) is 8.80. The van der Waals surface area contributed by atoms with Crippen LogP contribution in [0.1, 0.15) is 46.1 Å². The monoisotopic (exact) mass is 494 g/mol. The van der Waals surface area contributed by atoms with Crippen LogP contribution in [0.4, 0.5) is 0 Å². The Labute approximate surface area is 205 Å². The molecule has 0 heterocycles. The van der Waals surface area contributed by atoms with Crippen LogP contribution >= 0.6 is 0 Å². The molecule has 0 bridgehead atoms. The van der Waals surface area contributed by atoms with Crippen molar-refractivity contribution in [2.24, 2.45) is 17.6 Å². The Morgan fingerprint density at radius 2 is 1.40 bits per heavy atom. The van der Waals surface area contributed by atoms with Crippen molar-refractivity contribution < 1.29 is 34.5 Å². The molecule has 0 aliphatic heterocycles. The van der Waals surface area contributed by atoms with E-state index in [2.05, 4.69) is 16.0 Å². The van der Waals surface area contributed by atoms with Crippen molar-refractivity contribution in [1.29, 1.82) is 0 Å². The number of nitrogens with one attached hydrogen (secondary N) is 3. The van der Waals surface area contributed by atoms with Crippen molar-refractivity contribution in [2.45, 2.75) is 71.1 Å². The van der Waals surface area contributed by atoms with Crippen LogP contribution in [0.3, 0.4) is 0 Å². The predicted molar refractivity (Wildman–Crippen MR) is 129 cm³/mol. The quantitative estimate of drug-likeness (QED) is 0.186. The number of hydrogen-bond acceptors (Lipinski definition) is 7. The third-order valence-electron chi connectivity index (χ3n) is 6.16. The molecular formula is C24H38N4O7. The second-order valence-corrected chi connectivity index (χ2v) is 8.80. The lowest BCUT2D eigenvalue weighted by Crippen LogP contribution is -2.60. The average molecular weight is 495 g/mol. The zero-order valence-corrected chi connectivity index (χ0v) is 20.7. The minimum Gasteiger partial charge on any atom is -0.508 e. The molecule has 6 unspecified atom stereocenters. The molecule has 8 N–H and O–H groups in total. The van der Waals surface area contributed by atoms with Crippen LogP contribution in [-0.4, -0.2) is 69.8 Å². The first-order valence-corrected chi connectivity index (χ1v) is 11.7. The normalized spacial score (nSPS) is 16.2. The summed E-state index contributed by atoms with van der Waals surface area (Å²) in [6.45, 7) is 6.47. The summed E-state index contributed by atoms with van der Waals surface area (Å²) in [6.07, 6.45) is 1.10. The van der Waals surface area contributed by atoms with Crippen LogP contribution in [0.15, 0.2) is 24.3 Å². The molecule has 0 saturated carbocycles. The third-order valence-corrected chi connectivity index (χ3v) is 6.16. The number of carbonyl (C=O) groups is 4. The van der Waals surface area contributed by atoms with Gasteiger partial charge in [-0.2, -0.15) is 0 Å². The number of carboxylic acids is 1. The van der Waals surface area contributed by atoms with E-state index in [1.54, 1.807) is 32.9 Å². The highest BCUT2D eigenvalue weighted by atomic mass is 16.4. The van der Waals surface area contributed by atoms with Crippen molar-refractivity contribution in [3.05, 3.63) is 29.8 Å². The molecule has 0 fully saturated rings. The molecule has 0 saturated heterocycles. The molecule has 0 radical (unpaired) electrons. The molecule has 6 atom stereocenters. The van der Waals surface area contributed by atoms with Gasteiger partial charge in [-0.25, -0.2) is 4.79 Å². The summed E-state index contributed by atoms with van der Waals surface area (Å²) in [6, 6.07) is 1.33. The van der Waals surface area contributed by atoms with E-state index in [-0.39, 0.29) is 24.0 Å². The molecule has 11 heteroatoms. The molecule has 1 aromatic rings. The summed E-state index contributed by atoms with van der Waals surface area (Å²) >= 11 is 0. The molecule has 1 rings (SSSR count). The predicted octanol–water partition coefficient (Wildman–Crippen LogP) is -0.114. The Hall–Kier alpha value is -3.18. The number of aliphatic hydroxyl groups excluding tert-OH is 1. The van der Waals surface area contributed by atoms with E-state index < -0.39 is 54.5 Å². The van der Waals surface area contributed by atoms with Crippen LogP contribution in [-0.2, 0) is 25.6 Å². The number of phenolic OH excluding ortho intramolecular Hbond substituents is 1. The summed E-state index contributed by atoms with van der Waals surface area (Å²) in [5.41, 5.74) is 6.47. The largest absolute Gasteiger partial charge is 0.508 e. The van der Waals surface area contributed by atoms with Gasteiger partial charge in [-0.3, -0.25) is 14.4 Å². The molecule has 1 aromatic carbocycles. The Morgan fingerprint density at radius 3 is 1.89 bits per heavy atom. The number of aliphatic hydroxyl groups is 1. The number of benzene rings is 1. The number of aromatic hydroxyl groups is 1. The molecule has 0 spiro atoms. The first-order valence-electron chi connectivity index (χ1n) is 11.7. The van der Waals surface area contributed by atoms with Gasteiger partial charge < -0.3 is 37.0 Å². The smallest absolute Gasteiger partial charge is 0.326 e. The highest BCUT2D eigenvalue weighted by molar-refractivity contribution is 5.94. The van der Waals surface area contributed by atoms with Gasteiger partial charge in [0.05, 0.1) is 12.6 Å². The van der Waals surface area contributed by atoms with Crippen LogP contribution < -0.4 is 21.7 Å². The van der Waals surface area contributed by atoms with Crippen molar-refractivity contribution in [2.75, 3.05) is 6.61 Å². The van der Waals surface area contributed by atoms with E-state index in [0.717, 1.165) is 0 Å². The van der Waals surface area contributed by atoms with Gasteiger partial charge >= 0.3 is 5.97 Å². The Morgan fingerprint density at radius 1 is 0.857 bits per heavy atom. The van der Waals surface area contributed by atoms with Crippen LogP contribution in [0.5, 0.6) is 5.75 Å². The number of carbonyl (C=O) groups excluding carboxylic acids is 3. The fraction of sp³-hybridized carbons (Fsp3) is 0.583. The van der Waals surface area contributed by atoms with Gasteiger partial charge in [0.25, 0.3) is 0 Å². The standard InChI is InChI=1S/C24H38N4O7/c1-5-13(3)19(25)22(32)27-18(12-29)21(31)28-20(14(4)6-2)23(33)26-17(24(34)35)11-15-7-9-16(30)10-8-15/h7-10,13-14,17-20,29-30H,5-6,11-12,25H2,1-4H3,(H,26,33)(H,27,32)(H,28,31)(H,34,35). The number of phenols is 1. The molecule has 0 aromatic heterocycles. The van der Waals surface area contributed by atoms with Crippen molar-refractivity contribution in [1.82, 2.24) is 16.0 Å². The van der Waals surface area contributed by atoms with Gasteiger partial charge in [-0.1, -0.05) is 52.7 Å². The Bertz CT molecular complexity index is 862. The first kappa shape index (κ1) is 29.9. The molecule has 3 amide bonds. The summed E-state index contributed by atoms with van der Waals surface area (Å²) in [7, 11) is 0. The number of hydrogen-bond donors (Lipinski definition) is 7. The molecule has 0 aliphatic rings. The molecule has 35 heavy (non-hydrogen) atoms. The van der Waals surface area contributed by atoms with E-state index in [1.165, 1.54) is 12.1 Å². The third kappa shape index (κ3) is 9.18. The maximum absolute atomic E-state index is 13.0. The van der Waals surface area contributed by atoms with Crippen LogP contribution in [0.25, 0.3) is 0 Å². The van der Waals surface area contributed by atoms with Crippen molar-refractivity contribution >= 4 is 23.7 Å². The summed E-state index contributed by atoms with van der Waals surface area (Å²) in [4.78, 5) is 49.9. The molecule has 11 nitrogen and oxygen atoms in total. The second kappa shape index (κ2) is 14.3. The van der Waals surface area contributed by atoms with Crippen LogP contribution in [0.2, 0.25) is 0 Å². The van der Waals surface area contributed by atoms with Gasteiger partial charge in [-0.05, 0) is 29.5 Å².